The maximum atomic E-state index is 12.5. The summed E-state index contributed by atoms with van der Waals surface area (Å²) in [6.07, 6.45) is 0.478. The number of ketones is 1. The molecule has 0 spiro atoms. The van der Waals surface area contributed by atoms with E-state index in [0.29, 0.717) is 16.9 Å². The lowest BCUT2D eigenvalue weighted by atomic mass is 10.1. The third-order valence-electron chi connectivity index (χ3n) is 4.01. The minimum absolute atomic E-state index is 0.0956. The summed E-state index contributed by atoms with van der Waals surface area (Å²) in [5.41, 5.74) is 0.707. The summed E-state index contributed by atoms with van der Waals surface area (Å²) >= 11 is 1.25. The van der Waals surface area contributed by atoms with Crippen LogP contribution in [0.3, 0.4) is 0 Å². The number of benzene rings is 2. The molecule has 0 heterocycles. The predicted octanol–water partition coefficient (Wildman–Crippen LogP) is 3.59. The van der Waals surface area contributed by atoms with Crippen molar-refractivity contribution >= 4 is 35.2 Å². The number of phenols is 1. The highest BCUT2D eigenvalue weighted by Crippen LogP contribution is 2.35. The molecule has 2 aromatic rings. The first kappa shape index (κ1) is 24.1. The number of nitrogens with zero attached hydrogens (tertiary/aromatic N) is 1. The Morgan fingerprint density at radius 2 is 1.68 bits per heavy atom. The highest BCUT2D eigenvalue weighted by Gasteiger charge is 2.15. The zero-order chi connectivity index (χ0) is 22.8. The topological polar surface area (TPSA) is 122 Å². The van der Waals surface area contributed by atoms with Crippen LogP contribution in [-0.4, -0.2) is 46.9 Å². The molecule has 0 unspecified atom stereocenters. The van der Waals surface area contributed by atoms with Crippen molar-refractivity contribution in [3.05, 3.63) is 53.6 Å². The van der Waals surface area contributed by atoms with E-state index in [1.54, 1.807) is 44.2 Å². The summed E-state index contributed by atoms with van der Waals surface area (Å²) in [6, 6.07) is 11.1. The van der Waals surface area contributed by atoms with Gasteiger partial charge in [0, 0.05) is 16.9 Å². The lowest BCUT2D eigenvalue weighted by Gasteiger charge is -2.08. The molecule has 2 N–H and O–H groups in total. The number of aliphatic hydroxyl groups is 1. The second kappa shape index (κ2) is 11.9. The Morgan fingerprint density at radius 3 is 2.26 bits per heavy atom. The molecule has 0 saturated carbocycles. The van der Waals surface area contributed by atoms with Crippen LogP contribution >= 0.6 is 11.8 Å². The van der Waals surface area contributed by atoms with E-state index in [4.69, 9.17) is 14.7 Å². The number of Topliss-reactive ketones (excluding diaryl/α,β-unsaturated/α-hetero) is 1. The molecule has 2 aromatic carbocycles. The average molecular weight is 445 g/mol. The zero-order valence-electron chi connectivity index (χ0n) is 17.2. The Bertz CT molecular complexity index is 970. The largest absolute Gasteiger partial charge is 0.507 e. The third kappa shape index (κ3) is 6.94. The molecular weight excluding hydrogens is 422 g/mol. The van der Waals surface area contributed by atoms with Crippen molar-refractivity contribution in [2.75, 3.05) is 13.2 Å². The number of carbonyl (C=O) groups excluding carboxylic acids is 3. The highest BCUT2D eigenvalue weighted by atomic mass is 32.2. The van der Waals surface area contributed by atoms with Crippen LogP contribution in [0.25, 0.3) is 0 Å². The molecule has 9 heteroatoms. The summed E-state index contributed by atoms with van der Waals surface area (Å²) in [5.74, 6) is -1.59. The average Bonchev–Trinajstić information content (AvgIpc) is 2.79. The monoisotopic (exact) mass is 445 g/mol. The lowest BCUT2D eigenvalue weighted by molar-refractivity contribution is -0.143. The minimum Gasteiger partial charge on any atom is -0.507 e. The van der Waals surface area contributed by atoms with Gasteiger partial charge in [-0.2, -0.15) is 0 Å². The van der Waals surface area contributed by atoms with E-state index in [0.717, 1.165) is 4.90 Å². The van der Waals surface area contributed by atoms with Gasteiger partial charge in [0.15, 0.2) is 0 Å². The van der Waals surface area contributed by atoms with Gasteiger partial charge < -0.3 is 19.8 Å². The first-order chi connectivity index (χ1) is 14.9. The Hall–Kier alpha value is -3.17. The molecule has 8 nitrogen and oxygen atoms in total. The number of ether oxygens (including phenoxy) is 1. The van der Waals surface area contributed by atoms with Crippen molar-refractivity contribution in [1.29, 1.82) is 0 Å². The van der Waals surface area contributed by atoms with Crippen molar-refractivity contribution in [3.63, 3.8) is 0 Å². The predicted molar refractivity (Wildman–Crippen MR) is 114 cm³/mol. The fraction of sp³-hybridized carbons (Fsp3) is 0.273. The molecule has 0 aliphatic rings. The number of rotatable bonds is 10. The van der Waals surface area contributed by atoms with Crippen molar-refractivity contribution in [2.45, 2.75) is 36.5 Å². The van der Waals surface area contributed by atoms with Crippen LogP contribution in [0.4, 0.5) is 0 Å². The third-order valence-corrected chi connectivity index (χ3v) is 5.08. The summed E-state index contributed by atoms with van der Waals surface area (Å²) < 4.78 is 4.82. The Balaban J connectivity index is 2.09. The van der Waals surface area contributed by atoms with Gasteiger partial charge in [0.05, 0.1) is 17.1 Å². The molecule has 164 valence electrons. The molecule has 0 bridgehead atoms. The van der Waals surface area contributed by atoms with Crippen LogP contribution in [0, 0.1) is 0 Å². The molecule has 0 amide bonds. The smallest absolute Gasteiger partial charge is 0.338 e. The van der Waals surface area contributed by atoms with Crippen LogP contribution in [0.1, 0.15) is 47.4 Å². The molecule has 2 rings (SSSR count). The molecule has 0 fully saturated rings. The summed E-state index contributed by atoms with van der Waals surface area (Å²) in [5, 5.41) is 22.6. The number of hydrogen-bond acceptors (Lipinski definition) is 9. The summed E-state index contributed by atoms with van der Waals surface area (Å²) in [7, 11) is 0. The van der Waals surface area contributed by atoms with E-state index in [1.807, 2.05) is 0 Å². The Kier molecular flexibility index (Phi) is 9.23. The lowest BCUT2D eigenvalue weighted by Crippen LogP contribution is -2.15. The molecular formula is C22H23NO7S. The number of hydrogen-bond donors (Lipinski definition) is 2. The highest BCUT2D eigenvalue weighted by molar-refractivity contribution is 7.99. The van der Waals surface area contributed by atoms with E-state index in [9.17, 15) is 19.5 Å². The number of esters is 1. The molecule has 0 radical (unpaired) electrons. The molecule has 31 heavy (non-hydrogen) atoms. The number of oxime groups is 1. The second-order valence-corrected chi connectivity index (χ2v) is 7.32. The first-order valence-corrected chi connectivity index (χ1v) is 10.4. The molecule has 0 aliphatic carbocycles. The van der Waals surface area contributed by atoms with Crippen LogP contribution in [0.5, 0.6) is 5.75 Å². The van der Waals surface area contributed by atoms with Gasteiger partial charge in [-0.25, -0.2) is 9.59 Å². The molecule has 0 saturated heterocycles. The van der Waals surface area contributed by atoms with Crippen molar-refractivity contribution in [1.82, 2.24) is 0 Å². The van der Waals surface area contributed by atoms with Crippen molar-refractivity contribution in [2.24, 2.45) is 5.16 Å². The fourth-order valence-electron chi connectivity index (χ4n) is 2.36. The van der Waals surface area contributed by atoms with Crippen LogP contribution in [0.2, 0.25) is 0 Å². The van der Waals surface area contributed by atoms with Gasteiger partial charge in [0.1, 0.15) is 18.1 Å². The van der Waals surface area contributed by atoms with Gasteiger partial charge in [-0.1, -0.05) is 30.8 Å². The van der Waals surface area contributed by atoms with Gasteiger partial charge in [0.25, 0.3) is 0 Å². The molecule has 0 atom stereocenters. The van der Waals surface area contributed by atoms with E-state index in [-0.39, 0.29) is 42.4 Å². The van der Waals surface area contributed by atoms with E-state index < -0.39 is 11.9 Å². The van der Waals surface area contributed by atoms with Crippen LogP contribution < -0.4 is 0 Å². The number of phenolic OH excluding ortho intramolecular Hbond substituents is 1. The normalized spacial score (nSPS) is 11.1. The van der Waals surface area contributed by atoms with Gasteiger partial charge >= 0.3 is 11.9 Å². The van der Waals surface area contributed by atoms with Gasteiger partial charge in [0.2, 0.25) is 5.78 Å². The van der Waals surface area contributed by atoms with E-state index in [2.05, 4.69) is 5.16 Å². The summed E-state index contributed by atoms with van der Waals surface area (Å²) in [4.78, 5) is 41.6. The fourth-order valence-corrected chi connectivity index (χ4v) is 3.18. The zero-order valence-corrected chi connectivity index (χ0v) is 18.0. The second-order valence-electron chi connectivity index (χ2n) is 6.21. The van der Waals surface area contributed by atoms with Gasteiger partial charge in [-0.3, -0.25) is 4.79 Å². The first-order valence-electron chi connectivity index (χ1n) is 9.59. The number of aliphatic hydroxyl groups excluding tert-OH is 1. The number of aromatic hydroxyl groups is 1. The summed E-state index contributed by atoms with van der Waals surface area (Å²) in [6.45, 7) is 2.98. The molecule has 0 aliphatic heterocycles. The van der Waals surface area contributed by atoms with Gasteiger partial charge in [-0.05, 0) is 48.9 Å². The Labute approximate surface area is 183 Å². The maximum absolute atomic E-state index is 12.5. The molecule has 0 aromatic heterocycles. The maximum Gasteiger partial charge on any atom is 0.338 e. The minimum atomic E-state index is -0.637. The van der Waals surface area contributed by atoms with Crippen LogP contribution in [0.15, 0.2) is 57.4 Å². The Morgan fingerprint density at radius 1 is 1.00 bits per heavy atom. The van der Waals surface area contributed by atoms with Gasteiger partial charge in [-0.15, -0.1) is 0 Å². The van der Waals surface area contributed by atoms with Crippen LogP contribution in [-0.2, 0) is 14.4 Å². The van der Waals surface area contributed by atoms with Crippen molar-refractivity contribution < 1.29 is 34.2 Å². The van der Waals surface area contributed by atoms with E-state index >= 15 is 0 Å². The number of carbonyl (C=O) groups is 3. The van der Waals surface area contributed by atoms with Crippen molar-refractivity contribution in [3.8, 4) is 5.75 Å². The SMILES string of the molecule is CCC(=O)O/N=C(\CC)C(=O)c1ccc(Sc2ccc(C(=O)OCCO)cc2O)cc1. The quantitative estimate of drug-likeness (QED) is 0.187. The standard InChI is InChI=1S/C22H23NO7S/c1-3-17(23-30-20(26)4-2)21(27)14-5-8-16(9-6-14)31-19-10-7-15(13-18(19)25)22(28)29-12-11-24/h5-10,13,24-25H,3-4,11-12H2,1-2H3/b23-17+. The van der Waals surface area contributed by atoms with E-state index in [1.165, 1.54) is 23.9 Å².